The highest BCUT2D eigenvalue weighted by atomic mass is 16.5. The number of carbonyl (C=O) groups excluding carboxylic acids is 1. The number of nitrogens with zero attached hydrogens (tertiary/aromatic N) is 1. The SMILES string of the molecule is COc1c(C)cnc(CC(=O)C2(CN)CC2)c1C. The van der Waals surface area contributed by atoms with Crippen LogP contribution in [0.4, 0.5) is 0 Å². The fourth-order valence-electron chi connectivity index (χ4n) is 2.34. The lowest BCUT2D eigenvalue weighted by Gasteiger charge is -2.14. The second kappa shape index (κ2) is 4.69. The first-order valence-corrected chi connectivity index (χ1v) is 6.26. The number of aryl methyl sites for hydroxylation is 1. The van der Waals surface area contributed by atoms with Crippen LogP contribution in [0.15, 0.2) is 6.20 Å². The minimum absolute atomic E-state index is 0.214. The standard InChI is InChI=1S/C14H20N2O2/c1-9-7-16-11(10(2)13(9)18-3)6-12(17)14(8-15)4-5-14/h7H,4-6,8,15H2,1-3H3. The third-order valence-corrected chi connectivity index (χ3v) is 3.91. The van der Waals surface area contributed by atoms with Crippen LogP contribution in [0.2, 0.25) is 0 Å². The van der Waals surface area contributed by atoms with Gasteiger partial charge in [-0.1, -0.05) is 0 Å². The van der Waals surface area contributed by atoms with Gasteiger partial charge in [-0.2, -0.15) is 0 Å². The number of aromatic nitrogens is 1. The van der Waals surface area contributed by atoms with Gasteiger partial charge >= 0.3 is 0 Å². The van der Waals surface area contributed by atoms with Gasteiger partial charge in [-0.3, -0.25) is 9.78 Å². The Kier molecular flexibility index (Phi) is 3.39. The maximum atomic E-state index is 12.2. The van der Waals surface area contributed by atoms with Crippen molar-refractivity contribution in [1.82, 2.24) is 4.98 Å². The van der Waals surface area contributed by atoms with Crippen LogP contribution in [0.3, 0.4) is 0 Å². The van der Waals surface area contributed by atoms with Crippen LogP contribution < -0.4 is 10.5 Å². The van der Waals surface area contributed by atoms with Gasteiger partial charge in [-0.05, 0) is 26.7 Å². The van der Waals surface area contributed by atoms with Gasteiger partial charge < -0.3 is 10.5 Å². The predicted molar refractivity (Wildman–Crippen MR) is 69.7 cm³/mol. The quantitative estimate of drug-likeness (QED) is 0.858. The van der Waals surface area contributed by atoms with E-state index in [4.69, 9.17) is 10.5 Å². The molecule has 0 aromatic carbocycles. The minimum atomic E-state index is -0.258. The molecule has 0 saturated heterocycles. The molecule has 4 nitrogen and oxygen atoms in total. The molecule has 1 heterocycles. The van der Waals surface area contributed by atoms with Crippen molar-refractivity contribution in [3.05, 3.63) is 23.0 Å². The van der Waals surface area contributed by atoms with Crippen molar-refractivity contribution in [3.8, 4) is 5.75 Å². The van der Waals surface area contributed by atoms with Crippen LogP contribution in [0, 0.1) is 19.3 Å². The summed E-state index contributed by atoms with van der Waals surface area (Å²) >= 11 is 0. The molecule has 0 spiro atoms. The van der Waals surface area contributed by atoms with Crippen molar-refractivity contribution < 1.29 is 9.53 Å². The van der Waals surface area contributed by atoms with E-state index in [2.05, 4.69) is 4.98 Å². The molecule has 1 aromatic rings. The summed E-state index contributed by atoms with van der Waals surface area (Å²) in [5.41, 5.74) is 8.17. The van der Waals surface area contributed by atoms with E-state index in [0.29, 0.717) is 13.0 Å². The number of ketones is 1. The molecule has 0 unspecified atom stereocenters. The smallest absolute Gasteiger partial charge is 0.146 e. The number of ether oxygens (including phenoxy) is 1. The Hall–Kier alpha value is -1.42. The zero-order chi connectivity index (χ0) is 13.3. The van der Waals surface area contributed by atoms with E-state index >= 15 is 0 Å². The molecule has 0 amide bonds. The lowest BCUT2D eigenvalue weighted by Crippen LogP contribution is -2.27. The van der Waals surface area contributed by atoms with Crippen molar-refractivity contribution in [2.45, 2.75) is 33.1 Å². The van der Waals surface area contributed by atoms with Crippen LogP contribution in [0.25, 0.3) is 0 Å². The van der Waals surface area contributed by atoms with Gasteiger partial charge in [0.15, 0.2) is 0 Å². The summed E-state index contributed by atoms with van der Waals surface area (Å²) in [5.74, 6) is 1.04. The number of nitrogens with two attached hydrogens (primary N) is 1. The lowest BCUT2D eigenvalue weighted by molar-refractivity contribution is -0.123. The monoisotopic (exact) mass is 248 g/mol. The van der Waals surface area contributed by atoms with Crippen molar-refractivity contribution in [2.24, 2.45) is 11.1 Å². The molecule has 1 saturated carbocycles. The highest BCUT2D eigenvalue weighted by Crippen LogP contribution is 2.46. The van der Waals surface area contributed by atoms with Crippen molar-refractivity contribution in [2.75, 3.05) is 13.7 Å². The molecule has 0 atom stereocenters. The average molecular weight is 248 g/mol. The topological polar surface area (TPSA) is 65.2 Å². The van der Waals surface area contributed by atoms with E-state index in [1.165, 1.54) is 0 Å². The summed E-state index contributed by atoms with van der Waals surface area (Å²) in [5, 5.41) is 0. The number of methoxy groups -OCH3 is 1. The maximum absolute atomic E-state index is 12.2. The number of hydrogen-bond acceptors (Lipinski definition) is 4. The Morgan fingerprint density at radius 3 is 2.67 bits per heavy atom. The normalized spacial score (nSPS) is 16.4. The zero-order valence-electron chi connectivity index (χ0n) is 11.2. The summed E-state index contributed by atoms with van der Waals surface area (Å²) in [6, 6.07) is 0. The highest BCUT2D eigenvalue weighted by molar-refractivity contribution is 5.89. The third-order valence-electron chi connectivity index (χ3n) is 3.91. The summed E-state index contributed by atoms with van der Waals surface area (Å²) < 4.78 is 5.35. The average Bonchev–Trinajstić information content (AvgIpc) is 3.14. The van der Waals surface area contributed by atoms with Crippen LogP contribution >= 0.6 is 0 Å². The molecule has 4 heteroatoms. The van der Waals surface area contributed by atoms with Crippen molar-refractivity contribution in [3.63, 3.8) is 0 Å². The van der Waals surface area contributed by atoms with E-state index in [-0.39, 0.29) is 11.2 Å². The van der Waals surface area contributed by atoms with Gasteiger partial charge in [-0.25, -0.2) is 0 Å². The largest absolute Gasteiger partial charge is 0.496 e. The zero-order valence-corrected chi connectivity index (χ0v) is 11.2. The first-order valence-electron chi connectivity index (χ1n) is 6.26. The molecule has 0 bridgehead atoms. The molecule has 2 rings (SSSR count). The molecule has 1 aliphatic carbocycles. The molecule has 18 heavy (non-hydrogen) atoms. The molecule has 98 valence electrons. The number of Topliss-reactive ketones (excluding diaryl/α,β-unsaturated/α-hetero) is 1. The summed E-state index contributed by atoms with van der Waals surface area (Å²) in [7, 11) is 1.64. The summed E-state index contributed by atoms with van der Waals surface area (Å²) in [4.78, 5) is 16.6. The molecule has 0 radical (unpaired) electrons. The fraction of sp³-hybridized carbons (Fsp3) is 0.571. The number of carbonyl (C=O) groups is 1. The second-order valence-corrected chi connectivity index (χ2v) is 5.13. The second-order valence-electron chi connectivity index (χ2n) is 5.13. The highest BCUT2D eigenvalue weighted by Gasteiger charge is 2.47. The van der Waals surface area contributed by atoms with Crippen LogP contribution in [0.1, 0.15) is 29.7 Å². The fourth-order valence-corrected chi connectivity index (χ4v) is 2.34. The maximum Gasteiger partial charge on any atom is 0.146 e. The van der Waals surface area contributed by atoms with Crippen LogP contribution in [-0.4, -0.2) is 24.4 Å². The van der Waals surface area contributed by atoms with Gasteiger partial charge in [-0.15, -0.1) is 0 Å². The molecular weight excluding hydrogens is 228 g/mol. The van der Waals surface area contributed by atoms with Crippen LogP contribution in [0.5, 0.6) is 5.75 Å². The van der Waals surface area contributed by atoms with E-state index in [1.807, 2.05) is 13.8 Å². The van der Waals surface area contributed by atoms with Gasteiger partial charge in [0, 0.05) is 35.7 Å². The lowest BCUT2D eigenvalue weighted by atomic mass is 9.95. The summed E-state index contributed by atoms with van der Waals surface area (Å²) in [6.07, 6.45) is 3.96. The number of pyridine rings is 1. The van der Waals surface area contributed by atoms with E-state index in [0.717, 1.165) is 35.4 Å². The first kappa shape index (κ1) is 13.0. The minimum Gasteiger partial charge on any atom is -0.496 e. The van der Waals surface area contributed by atoms with Gasteiger partial charge in [0.05, 0.1) is 12.8 Å². The Labute approximate surface area is 108 Å². The Morgan fingerprint density at radius 1 is 1.50 bits per heavy atom. The van der Waals surface area contributed by atoms with Gasteiger partial charge in [0.2, 0.25) is 0 Å². The summed E-state index contributed by atoms with van der Waals surface area (Å²) in [6.45, 7) is 4.35. The molecule has 0 aliphatic heterocycles. The molecule has 1 aromatic heterocycles. The van der Waals surface area contributed by atoms with E-state index < -0.39 is 0 Å². The van der Waals surface area contributed by atoms with E-state index in [1.54, 1.807) is 13.3 Å². The van der Waals surface area contributed by atoms with E-state index in [9.17, 15) is 4.79 Å². The van der Waals surface area contributed by atoms with Gasteiger partial charge in [0.25, 0.3) is 0 Å². The van der Waals surface area contributed by atoms with Crippen molar-refractivity contribution >= 4 is 5.78 Å². The molecule has 1 aliphatic rings. The molecule has 1 fully saturated rings. The van der Waals surface area contributed by atoms with Crippen molar-refractivity contribution in [1.29, 1.82) is 0 Å². The van der Waals surface area contributed by atoms with Crippen LogP contribution in [-0.2, 0) is 11.2 Å². The van der Waals surface area contributed by atoms with Gasteiger partial charge in [0.1, 0.15) is 11.5 Å². The molecular formula is C14H20N2O2. The Bertz CT molecular complexity index is 479. The Balaban J connectivity index is 2.22. The number of rotatable bonds is 5. The number of hydrogen-bond donors (Lipinski definition) is 1. The predicted octanol–water partition coefficient (Wildman–Crippen LogP) is 1.56. The third kappa shape index (κ3) is 2.12. The Morgan fingerprint density at radius 2 is 2.17 bits per heavy atom. The molecule has 2 N–H and O–H groups in total. The first-order chi connectivity index (χ1) is 8.54.